The molecule has 0 aliphatic carbocycles. The Morgan fingerprint density at radius 2 is 2.04 bits per heavy atom. The molecule has 3 nitrogen and oxygen atoms in total. The minimum absolute atomic E-state index is 0.686. The minimum Gasteiger partial charge on any atom is -0.494 e. The van der Waals surface area contributed by atoms with Crippen LogP contribution in [-0.4, -0.2) is 37.2 Å². The van der Waals surface area contributed by atoms with Gasteiger partial charge in [0.25, 0.3) is 0 Å². The first-order chi connectivity index (χ1) is 11.3. The maximum Gasteiger partial charge on any atom is 0.124 e. The summed E-state index contributed by atoms with van der Waals surface area (Å²) in [5, 5.41) is 6.25. The number of rotatable bonds is 7. The van der Waals surface area contributed by atoms with Crippen molar-refractivity contribution < 1.29 is 4.74 Å². The molecule has 1 N–H and O–H groups in total. The monoisotopic (exact) mass is 312 g/mol. The van der Waals surface area contributed by atoms with Crippen molar-refractivity contribution in [2.24, 2.45) is 0 Å². The van der Waals surface area contributed by atoms with Gasteiger partial charge in [-0.1, -0.05) is 37.3 Å². The fraction of sp³-hybridized carbons (Fsp3) is 0.500. The van der Waals surface area contributed by atoms with E-state index in [4.69, 9.17) is 4.74 Å². The average molecular weight is 312 g/mol. The van der Waals surface area contributed by atoms with E-state index in [1.165, 1.54) is 35.7 Å². The molecule has 124 valence electrons. The van der Waals surface area contributed by atoms with Gasteiger partial charge < -0.3 is 10.1 Å². The molecule has 3 rings (SSSR count). The van der Waals surface area contributed by atoms with Crippen LogP contribution in [0, 0.1) is 0 Å². The van der Waals surface area contributed by atoms with E-state index in [9.17, 15) is 0 Å². The zero-order valence-electron chi connectivity index (χ0n) is 14.3. The predicted molar refractivity (Wildman–Crippen MR) is 97.1 cm³/mol. The summed E-state index contributed by atoms with van der Waals surface area (Å²) in [6.45, 7) is 9.34. The molecule has 2 aromatic rings. The Balaban J connectivity index is 1.74. The molecule has 0 radical (unpaired) electrons. The van der Waals surface area contributed by atoms with Gasteiger partial charge in [0.1, 0.15) is 5.75 Å². The van der Waals surface area contributed by atoms with Gasteiger partial charge in [0.15, 0.2) is 0 Å². The second kappa shape index (κ2) is 7.80. The van der Waals surface area contributed by atoms with Crippen LogP contribution in [0.3, 0.4) is 0 Å². The molecule has 3 heteroatoms. The van der Waals surface area contributed by atoms with Crippen LogP contribution in [0.5, 0.6) is 5.75 Å². The third-order valence-corrected chi connectivity index (χ3v) is 4.88. The van der Waals surface area contributed by atoms with E-state index in [2.05, 4.69) is 53.5 Å². The van der Waals surface area contributed by atoms with Gasteiger partial charge in [-0.3, -0.25) is 4.90 Å². The molecule has 1 heterocycles. The molecule has 0 aromatic heterocycles. The van der Waals surface area contributed by atoms with Gasteiger partial charge in [-0.15, -0.1) is 0 Å². The summed E-state index contributed by atoms with van der Waals surface area (Å²) in [5.74, 6) is 1.01. The van der Waals surface area contributed by atoms with Crippen molar-refractivity contribution in [1.82, 2.24) is 10.2 Å². The van der Waals surface area contributed by atoms with Gasteiger partial charge in [-0.05, 0) is 49.7 Å². The molecule has 23 heavy (non-hydrogen) atoms. The Labute approximate surface area is 139 Å². The van der Waals surface area contributed by atoms with Gasteiger partial charge in [-0.2, -0.15) is 0 Å². The van der Waals surface area contributed by atoms with Crippen molar-refractivity contribution in [2.75, 3.05) is 26.2 Å². The Bertz CT molecular complexity index is 641. The Morgan fingerprint density at radius 1 is 1.17 bits per heavy atom. The number of hydrogen-bond acceptors (Lipinski definition) is 3. The van der Waals surface area contributed by atoms with Crippen molar-refractivity contribution in [3.8, 4) is 5.75 Å². The molecule has 0 spiro atoms. The fourth-order valence-electron chi connectivity index (χ4n) is 3.70. The maximum absolute atomic E-state index is 5.86. The number of nitrogens with one attached hydrogen (secondary N) is 1. The molecule has 0 amide bonds. The van der Waals surface area contributed by atoms with E-state index in [1.807, 2.05) is 6.92 Å². The SMILES string of the molecule is CCOc1ccc2ccccc2c1CNC[C@@H]1CCCN1CC. The zero-order chi connectivity index (χ0) is 16.1. The molecule has 1 atom stereocenters. The van der Waals surface area contributed by atoms with Crippen LogP contribution in [0.4, 0.5) is 0 Å². The number of likely N-dealkylation sites (N-methyl/N-ethyl adjacent to an activating group) is 1. The van der Waals surface area contributed by atoms with Crippen LogP contribution in [0.15, 0.2) is 36.4 Å². The van der Waals surface area contributed by atoms with Crippen LogP contribution in [0.2, 0.25) is 0 Å². The van der Waals surface area contributed by atoms with E-state index in [1.54, 1.807) is 0 Å². The molecule has 2 aromatic carbocycles. The molecular weight excluding hydrogens is 284 g/mol. The molecule has 1 aliphatic heterocycles. The second-order valence-corrected chi connectivity index (χ2v) is 6.25. The molecule has 1 aliphatic rings. The van der Waals surface area contributed by atoms with E-state index in [-0.39, 0.29) is 0 Å². The van der Waals surface area contributed by atoms with Gasteiger partial charge >= 0.3 is 0 Å². The normalized spacial score (nSPS) is 18.6. The number of nitrogens with zero attached hydrogens (tertiary/aromatic N) is 1. The summed E-state index contributed by atoms with van der Waals surface area (Å²) in [4.78, 5) is 2.58. The molecule has 0 bridgehead atoms. The standard InChI is InChI=1S/C20H28N2O/c1-3-22-13-7-9-17(22)14-21-15-19-18-10-6-5-8-16(18)11-12-20(19)23-4-2/h5-6,8,10-12,17,21H,3-4,7,9,13-15H2,1-2H3/t17-/m0/s1. The maximum atomic E-state index is 5.86. The first kappa shape index (κ1) is 16.3. The summed E-state index contributed by atoms with van der Waals surface area (Å²) >= 11 is 0. The van der Waals surface area contributed by atoms with Crippen molar-refractivity contribution >= 4 is 10.8 Å². The number of ether oxygens (including phenoxy) is 1. The molecule has 1 saturated heterocycles. The van der Waals surface area contributed by atoms with Crippen molar-refractivity contribution in [3.63, 3.8) is 0 Å². The summed E-state index contributed by atoms with van der Waals surface area (Å²) in [5.41, 5.74) is 1.28. The first-order valence-electron chi connectivity index (χ1n) is 8.91. The fourth-order valence-corrected chi connectivity index (χ4v) is 3.70. The highest BCUT2D eigenvalue weighted by atomic mass is 16.5. The summed E-state index contributed by atoms with van der Waals surface area (Å²) in [7, 11) is 0. The molecular formula is C20H28N2O. The van der Waals surface area contributed by atoms with Gasteiger partial charge in [0.2, 0.25) is 0 Å². The largest absolute Gasteiger partial charge is 0.494 e. The Morgan fingerprint density at radius 3 is 2.87 bits per heavy atom. The van der Waals surface area contributed by atoms with E-state index in [0.717, 1.165) is 25.4 Å². The van der Waals surface area contributed by atoms with Crippen LogP contribution < -0.4 is 10.1 Å². The third-order valence-electron chi connectivity index (χ3n) is 4.88. The molecule has 0 unspecified atom stereocenters. The first-order valence-corrected chi connectivity index (χ1v) is 8.91. The van der Waals surface area contributed by atoms with Gasteiger partial charge in [0.05, 0.1) is 6.61 Å². The molecule has 1 fully saturated rings. The van der Waals surface area contributed by atoms with Crippen molar-refractivity contribution in [2.45, 2.75) is 39.3 Å². The zero-order valence-corrected chi connectivity index (χ0v) is 14.3. The lowest BCUT2D eigenvalue weighted by molar-refractivity contribution is 0.259. The smallest absolute Gasteiger partial charge is 0.124 e. The lowest BCUT2D eigenvalue weighted by Crippen LogP contribution is -2.37. The van der Waals surface area contributed by atoms with Gasteiger partial charge in [0, 0.05) is 24.7 Å². The minimum atomic E-state index is 0.686. The van der Waals surface area contributed by atoms with Crippen molar-refractivity contribution in [1.29, 1.82) is 0 Å². The van der Waals surface area contributed by atoms with E-state index >= 15 is 0 Å². The highest BCUT2D eigenvalue weighted by Gasteiger charge is 2.22. The van der Waals surface area contributed by atoms with Crippen LogP contribution in [0.1, 0.15) is 32.3 Å². The number of fused-ring (bicyclic) bond motifs is 1. The number of hydrogen-bond donors (Lipinski definition) is 1. The Kier molecular flexibility index (Phi) is 5.52. The van der Waals surface area contributed by atoms with Crippen LogP contribution in [0.25, 0.3) is 10.8 Å². The van der Waals surface area contributed by atoms with Crippen LogP contribution in [-0.2, 0) is 6.54 Å². The summed E-state index contributed by atoms with van der Waals surface area (Å²) < 4.78 is 5.86. The third kappa shape index (κ3) is 3.67. The Hall–Kier alpha value is -1.58. The van der Waals surface area contributed by atoms with E-state index < -0.39 is 0 Å². The lowest BCUT2D eigenvalue weighted by Gasteiger charge is -2.23. The summed E-state index contributed by atoms with van der Waals surface area (Å²) in [6.07, 6.45) is 2.65. The molecule has 0 saturated carbocycles. The summed E-state index contributed by atoms with van der Waals surface area (Å²) in [6, 6.07) is 13.5. The highest BCUT2D eigenvalue weighted by Crippen LogP contribution is 2.28. The predicted octanol–water partition coefficient (Wildman–Crippen LogP) is 3.81. The number of benzene rings is 2. The second-order valence-electron chi connectivity index (χ2n) is 6.25. The van der Waals surface area contributed by atoms with Gasteiger partial charge in [-0.25, -0.2) is 0 Å². The van der Waals surface area contributed by atoms with E-state index in [0.29, 0.717) is 12.6 Å². The number of likely N-dealkylation sites (tertiary alicyclic amines) is 1. The average Bonchev–Trinajstić information content (AvgIpc) is 3.04. The van der Waals surface area contributed by atoms with Crippen LogP contribution >= 0.6 is 0 Å². The topological polar surface area (TPSA) is 24.5 Å². The highest BCUT2D eigenvalue weighted by molar-refractivity contribution is 5.87. The quantitative estimate of drug-likeness (QED) is 0.841. The lowest BCUT2D eigenvalue weighted by atomic mass is 10.0. The van der Waals surface area contributed by atoms with Crippen molar-refractivity contribution in [3.05, 3.63) is 42.0 Å².